The van der Waals surface area contributed by atoms with Crippen molar-refractivity contribution in [2.45, 2.75) is 19.9 Å². The molecule has 2 rings (SSSR count). The molecule has 112 valence electrons. The van der Waals surface area contributed by atoms with E-state index in [1.165, 1.54) is 13.2 Å². The summed E-state index contributed by atoms with van der Waals surface area (Å²) in [4.78, 5) is 2.01. The van der Waals surface area contributed by atoms with Crippen LogP contribution in [0.1, 0.15) is 18.9 Å². The molecule has 0 aliphatic carbocycles. The van der Waals surface area contributed by atoms with Gasteiger partial charge in [-0.15, -0.1) is 0 Å². The molecule has 2 aromatic carbocycles. The van der Waals surface area contributed by atoms with E-state index in [1.54, 1.807) is 6.07 Å². The predicted octanol–water partition coefficient (Wildman–Crippen LogP) is 3.83. The first-order chi connectivity index (χ1) is 10.2. The van der Waals surface area contributed by atoms with Crippen molar-refractivity contribution in [1.82, 2.24) is 0 Å². The Hall–Kier alpha value is -2.23. The first kappa shape index (κ1) is 15.2. The summed E-state index contributed by atoms with van der Waals surface area (Å²) in [6.45, 7) is 3.49. The summed E-state index contributed by atoms with van der Waals surface area (Å²) in [7, 11) is 1.54. The molecular weight excluding hydrogens is 267 g/mol. The van der Waals surface area contributed by atoms with Crippen LogP contribution in [0.2, 0.25) is 0 Å². The predicted molar refractivity (Wildman–Crippen MR) is 85.1 cm³/mol. The largest absolute Gasteiger partial charge is 0.495 e. The first-order valence-electron chi connectivity index (χ1n) is 7.07. The van der Waals surface area contributed by atoms with Crippen molar-refractivity contribution in [3.8, 4) is 5.75 Å². The number of nitrogens with two attached hydrogens (primary N) is 1. The molecule has 0 spiro atoms. The fourth-order valence-corrected chi connectivity index (χ4v) is 2.34. The number of halogens is 1. The third-order valence-corrected chi connectivity index (χ3v) is 3.35. The zero-order valence-corrected chi connectivity index (χ0v) is 12.5. The van der Waals surface area contributed by atoms with Gasteiger partial charge in [0.05, 0.1) is 18.5 Å². The smallest absolute Gasteiger partial charge is 0.148 e. The minimum absolute atomic E-state index is 0.315. The number of benzene rings is 2. The zero-order chi connectivity index (χ0) is 15.2. The summed E-state index contributed by atoms with van der Waals surface area (Å²) in [5.74, 6) is 0.179. The van der Waals surface area contributed by atoms with E-state index in [0.717, 1.165) is 18.5 Å². The monoisotopic (exact) mass is 288 g/mol. The van der Waals surface area contributed by atoms with Crippen molar-refractivity contribution in [1.29, 1.82) is 0 Å². The van der Waals surface area contributed by atoms with E-state index in [2.05, 4.69) is 6.92 Å². The van der Waals surface area contributed by atoms with Crippen molar-refractivity contribution in [2.75, 3.05) is 24.3 Å². The Morgan fingerprint density at radius 1 is 1.19 bits per heavy atom. The second-order valence-corrected chi connectivity index (χ2v) is 4.95. The Morgan fingerprint density at radius 2 is 1.90 bits per heavy atom. The van der Waals surface area contributed by atoms with Crippen molar-refractivity contribution >= 4 is 11.4 Å². The summed E-state index contributed by atoms with van der Waals surface area (Å²) in [5, 5.41) is 0. The van der Waals surface area contributed by atoms with Gasteiger partial charge in [-0.05, 0) is 12.0 Å². The lowest BCUT2D eigenvalue weighted by molar-refractivity contribution is 0.416. The highest BCUT2D eigenvalue weighted by Gasteiger charge is 2.15. The fraction of sp³-hybridized carbons (Fsp3) is 0.294. The van der Waals surface area contributed by atoms with Crippen LogP contribution in [0.4, 0.5) is 15.8 Å². The van der Waals surface area contributed by atoms with Crippen molar-refractivity contribution < 1.29 is 9.13 Å². The lowest BCUT2D eigenvalue weighted by Gasteiger charge is -2.25. The van der Waals surface area contributed by atoms with E-state index in [-0.39, 0.29) is 5.82 Å². The van der Waals surface area contributed by atoms with Crippen LogP contribution in [0.3, 0.4) is 0 Å². The van der Waals surface area contributed by atoms with E-state index in [4.69, 9.17) is 10.5 Å². The molecule has 0 amide bonds. The van der Waals surface area contributed by atoms with Gasteiger partial charge in [0.1, 0.15) is 11.6 Å². The Balaban J connectivity index is 2.33. The molecule has 3 nitrogen and oxygen atoms in total. The summed E-state index contributed by atoms with van der Waals surface area (Å²) < 4.78 is 19.5. The normalized spacial score (nSPS) is 10.4. The van der Waals surface area contributed by atoms with E-state index >= 15 is 0 Å². The Kier molecular flexibility index (Phi) is 5.04. The molecule has 2 N–H and O–H groups in total. The van der Waals surface area contributed by atoms with Gasteiger partial charge < -0.3 is 15.4 Å². The second kappa shape index (κ2) is 6.97. The van der Waals surface area contributed by atoms with Gasteiger partial charge >= 0.3 is 0 Å². The molecular formula is C17H21FN2O. The molecule has 0 radical (unpaired) electrons. The Bertz CT molecular complexity index is 587. The Morgan fingerprint density at radius 3 is 2.52 bits per heavy atom. The molecule has 0 aliphatic heterocycles. The van der Waals surface area contributed by atoms with Crippen LogP contribution >= 0.6 is 0 Å². The van der Waals surface area contributed by atoms with Gasteiger partial charge in [-0.2, -0.15) is 0 Å². The standard InChI is InChI=1S/C17H21FN2O/c1-3-9-20(12-13-7-5-4-6-8-13)16-11-17(21-2)15(19)10-14(16)18/h4-8,10-11H,3,9,12,19H2,1-2H3. The van der Waals surface area contributed by atoms with Gasteiger partial charge in [0.15, 0.2) is 0 Å². The maximum absolute atomic E-state index is 14.3. The molecule has 21 heavy (non-hydrogen) atoms. The number of anilines is 2. The van der Waals surface area contributed by atoms with Crippen molar-refractivity contribution in [3.05, 3.63) is 53.8 Å². The quantitative estimate of drug-likeness (QED) is 0.821. The number of methoxy groups -OCH3 is 1. The van der Waals surface area contributed by atoms with E-state index < -0.39 is 0 Å². The Labute approximate surface area is 125 Å². The summed E-state index contributed by atoms with van der Waals surface area (Å²) >= 11 is 0. The molecule has 0 saturated heterocycles. The van der Waals surface area contributed by atoms with Crippen LogP contribution in [-0.4, -0.2) is 13.7 Å². The molecule has 2 aromatic rings. The van der Waals surface area contributed by atoms with Gasteiger partial charge in [0, 0.05) is 25.2 Å². The van der Waals surface area contributed by atoms with Crippen LogP contribution in [0.15, 0.2) is 42.5 Å². The highest BCUT2D eigenvalue weighted by atomic mass is 19.1. The lowest BCUT2D eigenvalue weighted by Crippen LogP contribution is -2.24. The number of nitrogen functional groups attached to an aromatic ring is 1. The van der Waals surface area contributed by atoms with Gasteiger partial charge in [-0.25, -0.2) is 4.39 Å². The summed E-state index contributed by atoms with van der Waals surface area (Å²) in [6.07, 6.45) is 0.930. The number of hydrogen-bond acceptors (Lipinski definition) is 3. The first-order valence-corrected chi connectivity index (χ1v) is 7.07. The van der Waals surface area contributed by atoms with Gasteiger partial charge in [0.2, 0.25) is 0 Å². The van der Waals surface area contributed by atoms with E-state index in [1.807, 2.05) is 35.2 Å². The zero-order valence-electron chi connectivity index (χ0n) is 12.5. The average molecular weight is 288 g/mol. The van der Waals surface area contributed by atoms with Crippen LogP contribution in [0.5, 0.6) is 5.75 Å². The highest BCUT2D eigenvalue weighted by molar-refractivity contribution is 5.63. The maximum atomic E-state index is 14.3. The third kappa shape index (κ3) is 3.66. The van der Waals surface area contributed by atoms with Crippen molar-refractivity contribution in [2.24, 2.45) is 0 Å². The summed E-state index contributed by atoms with van der Waals surface area (Å²) in [6, 6.07) is 13.0. The minimum atomic E-state index is -0.322. The second-order valence-electron chi connectivity index (χ2n) is 4.95. The van der Waals surface area contributed by atoms with Crippen LogP contribution in [0, 0.1) is 5.82 Å². The number of ether oxygens (including phenoxy) is 1. The van der Waals surface area contributed by atoms with Crippen LogP contribution in [0.25, 0.3) is 0 Å². The minimum Gasteiger partial charge on any atom is -0.495 e. The van der Waals surface area contributed by atoms with Crippen molar-refractivity contribution in [3.63, 3.8) is 0 Å². The average Bonchev–Trinajstić information content (AvgIpc) is 2.48. The van der Waals surface area contributed by atoms with Gasteiger partial charge in [-0.1, -0.05) is 37.3 Å². The summed E-state index contributed by atoms with van der Waals surface area (Å²) in [5.41, 5.74) is 7.72. The molecule has 0 aromatic heterocycles. The molecule has 0 unspecified atom stereocenters. The topological polar surface area (TPSA) is 38.5 Å². The van der Waals surface area contributed by atoms with E-state index in [9.17, 15) is 4.39 Å². The molecule has 0 atom stereocenters. The lowest BCUT2D eigenvalue weighted by atomic mass is 10.1. The molecule has 0 bridgehead atoms. The SMILES string of the molecule is CCCN(Cc1ccccc1)c1cc(OC)c(N)cc1F. The van der Waals surface area contributed by atoms with Gasteiger partial charge in [-0.3, -0.25) is 0 Å². The molecule has 0 heterocycles. The molecule has 4 heteroatoms. The molecule has 0 aliphatic rings. The highest BCUT2D eigenvalue weighted by Crippen LogP contribution is 2.31. The maximum Gasteiger partial charge on any atom is 0.148 e. The number of hydrogen-bond donors (Lipinski definition) is 1. The number of rotatable bonds is 6. The molecule has 0 fully saturated rings. The third-order valence-electron chi connectivity index (χ3n) is 3.35. The van der Waals surface area contributed by atoms with Gasteiger partial charge in [0.25, 0.3) is 0 Å². The van der Waals surface area contributed by atoms with E-state index in [0.29, 0.717) is 23.7 Å². The molecule has 0 saturated carbocycles. The fourth-order valence-electron chi connectivity index (χ4n) is 2.34. The van der Waals surface area contributed by atoms with Crippen LogP contribution < -0.4 is 15.4 Å². The van der Waals surface area contributed by atoms with Crippen LogP contribution in [-0.2, 0) is 6.54 Å². The number of nitrogens with zero attached hydrogens (tertiary/aromatic N) is 1.